The summed E-state index contributed by atoms with van der Waals surface area (Å²) >= 11 is 0. The lowest BCUT2D eigenvalue weighted by Gasteiger charge is -2.37. The van der Waals surface area contributed by atoms with Crippen molar-refractivity contribution in [3.63, 3.8) is 0 Å². The third-order valence-electron chi connectivity index (χ3n) is 3.87. The lowest BCUT2D eigenvalue weighted by Crippen LogP contribution is -2.48. The average Bonchev–Trinajstić information content (AvgIpc) is 2.96. The summed E-state index contributed by atoms with van der Waals surface area (Å²) in [6, 6.07) is 8.78. The van der Waals surface area contributed by atoms with Crippen molar-refractivity contribution < 1.29 is 14.3 Å². The zero-order valence-electron chi connectivity index (χ0n) is 11.7. The molecule has 2 fully saturated rings. The summed E-state index contributed by atoms with van der Waals surface area (Å²) in [5.74, 6) is -0.475. The molecule has 6 nitrogen and oxygen atoms in total. The third kappa shape index (κ3) is 2.99. The Kier molecular flexibility index (Phi) is 3.78. The van der Waals surface area contributed by atoms with Crippen molar-refractivity contribution in [3.8, 4) is 6.07 Å². The topological polar surface area (TPSA) is 74.6 Å². The van der Waals surface area contributed by atoms with Crippen LogP contribution in [0.5, 0.6) is 0 Å². The number of piperidine rings is 1. The molecule has 3 rings (SSSR count). The second-order valence-electron chi connectivity index (χ2n) is 5.22. The number of carbonyl (C=O) groups is 1. The number of anilines is 1. The van der Waals surface area contributed by atoms with Crippen molar-refractivity contribution in [2.24, 2.45) is 0 Å². The smallest absolute Gasteiger partial charge is 0.321 e. The summed E-state index contributed by atoms with van der Waals surface area (Å²) in [4.78, 5) is 14.0. The highest BCUT2D eigenvalue weighted by molar-refractivity contribution is 5.89. The number of hydrogen-bond donors (Lipinski definition) is 1. The van der Waals surface area contributed by atoms with Gasteiger partial charge in [0.2, 0.25) is 0 Å². The molecule has 1 spiro atoms. The fourth-order valence-electron chi connectivity index (χ4n) is 2.71. The summed E-state index contributed by atoms with van der Waals surface area (Å²) < 4.78 is 11.3. The molecule has 21 heavy (non-hydrogen) atoms. The molecule has 0 atom stereocenters. The quantitative estimate of drug-likeness (QED) is 0.856. The maximum Gasteiger partial charge on any atom is 0.321 e. The summed E-state index contributed by atoms with van der Waals surface area (Å²) in [6.45, 7) is 2.47. The number of nitrogens with one attached hydrogen (secondary N) is 1. The van der Waals surface area contributed by atoms with Gasteiger partial charge in [-0.25, -0.2) is 4.79 Å². The van der Waals surface area contributed by atoms with Crippen LogP contribution in [0.25, 0.3) is 0 Å². The van der Waals surface area contributed by atoms with Gasteiger partial charge in [-0.3, -0.25) is 0 Å². The van der Waals surface area contributed by atoms with Crippen molar-refractivity contribution in [2.75, 3.05) is 31.6 Å². The third-order valence-corrected chi connectivity index (χ3v) is 3.87. The summed E-state index contributed by atoms with van der Waals surface area (Å²) in [6.07, 6.45) is 1.39. The van der Waals surface area contributed by atoms with Crippen LogP contribution in [0.2, 0.25) is 0 Å². The Morgan fingerprint density at radius 3 is 2.67 bits per heavy atom. The number of rotatable bonds is 1. The predicted octanol–water partition coefficient (Wildman–Crippen LogP) is 1.93. The van der Waals surface area contributed by atoms with Crippen LogP contribution in [-0.2, 0) is 9.47 Å². The predicted molar refractivity (Wildman–Crippen MR) is 75.6 cm³/mol. The molecular weight excluding hydrogens is 270 g/mol. The standard InChI is InChI=1S/C15H17N3O3/c16-11-12-2-1-3-13(10-12)17-14(19)18-6-4-15(5-7-18)20-8-9-21-15/h1-3,10H,4-9H2,(H,17,19). The number of nitriles is 1. The SMILES string of the molecule is N#Cc1cccc(NC(=O)N2CCC3(CC2)OCCO3)c1. The largest absolute Gasteiger partial charge is 0.347 e. The maximum absolute atomic E-state index is 12.2. The molecule has 0 aromatic heterocycles. The highest BCUT2D eigenvalue weighted by atomic mass is 16.7. The van der Waals surface area contributed by atoms with Crippen molar-refractivity contribution in [2.45, 2.75) is 18.6 Å². The minimum absolute atomic E-state index is 0.155. The van der Waals surface area contributed by atoms with Crippen LogP contribution < -0.4 is 5.32 Å². The van der Waals surface area contributed by atoms with Gasteiger partial charge in [0.25, 0.3) is 0 Å². The van der Waals surface area contributed by atoms with Gasteiger partial charge in [-0.15, -0.1) is 0 Å². The number of urea groups is 1. The van der Waals surface area contributed by atoms with Crippen molar-refractivity contribution >= 4 is 11.7 Å². The summed E-state index contributed by atoms with van der Waals surface area (Å²) in [5, 5.41) is 11.7. The molecular formula is C15H17N3O3. The normalized spacial score (nSPS) is 20.2. The molecule has 0 saturated carbocycles. The van der Waals surface area contributed by atoms with E-state index in [0.717, 1.165) is 0 Å². The number of benzene rings is 1. The molecule has 0 bridgehead atoms. The van der Waals surface area contributed by atoms with E-state index in [4.69, 9.17) is 14.7 Å². The molecule has 2 heterocycles. The van der Waals surface area contributed by atoms with E-state index in [1.54, 1.807) is 29.2 Å². The molecule has 2 aliphatic heterocycles. The molecule has 2 amide bonds. The minimum atomic E-state index is -0.475. The first kappa shape index (κ1) is 13.9. The van der Waals surface area contributed by atoms with Gasteiger partial charge >= 0.3 is 6.03 Å². The number of amides is 2. The van der Waals surface area contributed by atoms with Gasteiger partial charge in [0.15, 0.2) is 5.79 Å². The zero-order valence-corrected chi connectivity index (χ0v) is 11.7. The van der Waals surface area contributed by atoms with Crippen molar-refractivity contribution in [3.05, 3.63) is 29.8 Å². The first-order valence-electron chi connectivity index (χ1n) is 7.05. The van der Waals surface area contributed by atoms with E-state index in [1.807, 2.05) is 0 Å². The van der Waals surface area contributed by atoms with E-state index >= 15 is 0 Å². The van der Waals surface area contributed by atoms with Gasteiger partial charge in [-0.1, -0.05) is 6.07 Å². The maximum atomic E-state index is 12.2. The Labute approximate surface area is 123 Å². The fraction of sp³-hybridized carbons (Fsp3) is 0.467. The summed E-state index contributed by atoms with van der Waals surface area (Å²) in [5.41, 5.74) is 1.16. The highest BCUT2D eigenvalue weighted by Crippen LogP contribution is 2.31. The van der Waals surface area contributed by atoms with Crippen molar-refractivity contribution in [1.29, 1.82) is 5.26 Å². The number of hydrogen-bond acceptors (Lipinski definition) is 4. The van der Waals surface area contributed by atoms with Gasteiger partial charge < -0.3 is 19.7 Å². The fourth-order valence-corrected chi connectivity index (χ4v) is 2.71. The van der Waals surface area contributed by atoms with E-state index in [9.17, 15) is 4.79 Å². The highest BCUT2D eigenvalue weighted by Gasteiger charge is 2.40. The molecule has 0 radical (unpaired) electrons. The number of carbonyl (C=O) groups excluding carboxylic acids is 1. The van der Waals surface area contributed by atoms with Gasteiger partial charge in [0.05, 0.1) is 24.8 Å². The van der Waals surface area contributed by atoms with E-state index in [-0.39, 0.29) is 6.03 Å². The van der Waals surface area contributed by atoms with Gasteiger partial charge in [-0.05, 0) is 18.2 Å². The molecule has 2 aliphatic rings. The number of nitrogens with zero attached hydrogens (tertiary/aromatic N) is 2. The molecule has 1 aromatic carbocycles. The van der Waals surface area contributed by atoms with Gasteiger partial charge in [0.1, 0.15) is 0 Å². The second kappa shape index (κ2) is 5.72. The molecule has 110 valence electrons. The number of ether oxygens (including phenoxy) is 2. The first-order chi connectivity index (χ1) is 10.2. The molecule has 2 saturated heterocycles. The van der Waals surface area contributed by atoms with E-state index in [2.05, 4.69) is 11.4 Å². The molecule has 0 unspecified atom stereocenters. The van der Waals surface area contributed by atoms with Crippen LogP contribution >= 0.6 is 0 Å². The van der Waals surface area contributed by atoms with Crippen molar-refractivity contribution in [1.82, 2.24) is 4.90 Å². The average molecular weight is 287 g/mol. The van der Waals surface area contributed by atoms with E-state index in [0.29, 0.717) is 50.4 Å². The molecule has 6 heteroatoms. The Bertz CT molecular complexity index is 566. The van der Waals surface area contributed by atoms with Crippen LogP contribution in [0.1, 0.15) is 18.4 Å². The van der Waals surface area contributed by atoms with Crippen LogP contribution in [0, 0.1) is 11.3 Å². The van der Waals surface area contributed by atoms with Gasteiger partial charge in [-0.2, -0.15) is 5.26 Å². The molecule has 1 aromatic rings. The Morgan fingerprint density at radius 2 is 2.00 bits per heavy atom. The lowest BCUT2D eigenvalue weighted by atomic mass is 10.0. The first-order valence-corrected chi connectivity index (χ1v) is 7.05. The van der Waals surface area contributed by atoms with Crippen LogP contribution in [-0.4, -0.2) is 43.0 Å². The van der Waals surface area contributed by atoms with Crippen LogP contribution in [0.3, 0.4) is 0 Å². The molecule has 1 N–H and O–H groups in total. The second-order valence-corrected chi connectivity index (χ2v) is 5.22. The van der Waals surface area contributed by atoms with Gasteiger partial charge in [0, 0.05) is 31.6 Å². The Balaban J connectivity index is 1.58. The van der Waals surface area contributed by atoms with Crippen LogP contribution in [0.15, 0.2) is 24.3 Å². The van der Waals surface area contributed by atoms with Crippen LogP contribution in [0.4, 0.5) is 10.5 Å². The zero-order chi connectivity index (χ0) is 14.7. The van der Waals surface area contributed by atoms with E-state index in [1.165, 1.54) is 0 Å². The lowest BCUT2D eigenvalue weighted by molar-refractivity contribution is -0.181. The van der Waals surface area contributed by atoms with E-state index < -0.39 is 5.79 Å². The number of likely N-dealkylation sites (tertiary alicyclic amines) is 1. The Hall–Kier alpha value is -2.10. The summed E-state index contributed by atoms with van der Waals surface area (Å²) in [7, 11) is 0. The minimum Gasteiger partial charge on any atom is -0.347 e. The monoisotopic (exact) mass is 287 g/mol. The molecule has 0 aliphatic carbocycles. The Morgan fingerprint density at radius 1 is 1.29 bits per heavy atom.